The number of anilines is 5. The van der Waals surface area contributed by atoms with Crippen LogP contribution in [0.1, 0.15) is 36.8 Å². The van der Waals surface area contributed by atoms with Crippen LogP contribution < -0.4 is 19.7 Å². The number of halogens is 3. The second-order valence-electron chi connectivity index (χ2n) is 10.5. The number of aromatic nitrogens is 2. The first-order chi connectivity index (χ1) is 19.6. The maximum atomic E-state index is 13.7. The van der Waals surface area contributed by atoms with Gasteiger partial charge in [0.05, 0.1) is 30.4 Å². The van der Waals surface area contributed by atoms with Gasteiger partial charge >= 0.3 is 0 Å². The van der Waals surface area contributed by atoms with Crippen LogP contribution in [0.2, 0.25) is 5.02 Å². The Morgan fingerprint density at radius 2 is 1.90 bits per heavy atom. The Labute approximate surface area is 247 Å². The van der Waals surface area contributed by atoms with E-state index in [0.717, 1.165) is 37.1 Å². The number of nitrogens with zero attached hydrogens (tertiary/aromatic N) is 4. The van der Waals surface area contributed by atoms with Gasteiger partial charge in [-0.15, -0.1) is 0 Å². The van der Waals surface area contributed by atoms with Gasteiger partial charge in [0.15, 0.2) is 5.82 Å². The molecule has 8 nitrogen and oxygen atoms in total. The molecular weight excluding hydrogens is 570 g/mol. The van der Waals surface area contributed by atoms with Gasteiger partial charge in [-0.2, -0.15) is 4.98 Å². The van der Waals surface area contributed by atoms with Crippen molar-refractivity contribution in [2.24, 2.45) is 0 Å². The third-order valence-electron chi connectivity index (χ3n) is 7.88. The lowest BCUT2D eigenvalue weighted by Gasteiger charge is -2.37. The first-order valence-electron chi connectivity index (χ1n) is 13.7. The highest BCUT2D eigenvalue weighted by atomic mass is 35.5. The molecule has 2 aromatic carbocycles. The first-order valence-corrected chi connectivity index (χ1v) is 15.6. The Hall–Kier alpha value is -3.02. The summed E-state index contributed by atoms with van der Waals surface area (Å²) in [6.45, 7) is 0.871. The van der Waals surface area contributed by atoms with Gasteiger partial charge in [-0.25, -0.2) is 18.0 Å². The zero-order valence-corrected chi connectivity index (χ0v) is 25.0. The number of nitrogens with one attached hydrogen (secondary N) is 2. The highest BCUT2D eigenvalue weighted by Crippen LogP contribution is 2.37. The standard InChI is InChI=1S/C29H35ClF2N6O2S/c1-37(41(3)39)25-10-5-4-9-23(25)34-27-22(30)18-33-28(36-27)35-24-16-19-7-6-8-21(15-20(19)17-26(24)40-2)38-13-11-29(31,32)12-14-38/h4-5,9-10,16-18,21H,6-8,11-15H2,1-3H3,(H2,33,34,35,36). The molecule has 12 heteroatoms. The van der Waals surface area contributed by atoms with Gasteiger partial charge in [0.1, 0.15) is 21.8 Å². The van der Waals surface area contributed by atoms with Crippen LogP contribution in [0, 0.1) is 0 Å². The summed E-state index contributed by atoms with van der Waals surface area (Å²) in [5.41, 5.74) is 4.56. The average Bonchev–Trinajstić information content (AvgIpc) is 3.16. The molecule has 1 aromatic heterocycles. The molecule has 1 aliphatic heterocycles. The number of para-hydroxylation sites is 2. The predicted molar refractivity (Wildman–Crippen MR) is 162 cm³/mol. The third-order valence-corrected chi connectivity index (χ3v) is 9.12. The van der Waals surface area contributed by atoms with Crippen molar-refractivity contribution in [3.63, 3.8) is 0 Å². The molecular formula is C29H35ClF2N6O2S. The summed E-state index contributed by atoms with van der Waals surface area (Å²) in [7, 11) is 2.16. The number of likely N-dealkylation sites (tertiary alicyclic amines) is 1. The summed E-state index contributed by atoms with van der Waals surface area (Å²) in [4.78, 5) is 11.2. The van der Waals surface area contributed by atoms with E-state index in [-0.39, 0.29) is 18.9 Å². The van der Waals surface area contributed by atoms with Crippen molar-refractivity contribution >= 4 is 51.4 Å². The van der Waals surface area contributed by atoms with Crippen molar-refractivity contribution in [2.75, 3.05) is 48.4 Å². The number of benzene rings is 2. The minimum atomic E-state index is -2.54. The minimum absolute atomic E-state index is 0.0686. The zero-order valence-electron chi connectivity index (χ0n) is 23.4. The van der Waals surface area contributed by atoms with Crippen LogP contribution in [0.4, 0.5) is 37.6 Å². The Bertz CT molecular complexity index is 1420. The van der Waals surface area contributed by atoms with Crippen molar-refractivity contribution in [1.29, 1.82) is 0 Å². The van der Waals surface area contributed by atoms with E-state index in [4.69, 9.17) is 16.3 Å². The number of hydrogen-bond donors (Lipinski definition) is 2. The second-order valence-corrected chi connectivity index (χ2v) is 12.3. The molecule has 2 unspecified atom stereocenters. The van der Waals surface area contributed by atoms with E-state index in [1.165, 1.54) is 17.3 Å². The summed E-state index contributed by atoms with van der Waals surface area (Å²) in [6.07, 6.45) is 6.65. The van der Waals surface area contributed by atoms with Crippen LogP contribution in [0.3, 0.4) is 0 Å². The number of ether oxygens (including phenoxy) is 1. The van der Waals surface area contributed by atoms with E-state index < -0.39 is 16.9 Å². The van der Waals surface area contributed by atoms with Crippen LogP contribution in [-0.4, -0.2) is 64.5 Å². The molecule has 2 N–H and O–H groups in total. The number of hydrogen-bond acceptors (Lipinski definition) is 7. The molecule has 2 atom stereocenters. The fourth-order valence-electron chi connectivity index (χ4n) is 5.52. The fourth-order valence-corrected chi connectivity index (χ4v) is 6.10. The summed E-state index contributed by atoms with van der Waals surface area (Å²) in [5.74, 6) is -1.16. The molecule has 220 valence electrons. The minimum Gasteiger partial charge on any atom is -0.495 e. The largest absolute Gasteiger partial charge is 0.495 e. The third kappa shape index (κ3) is 6.90. The van der Waals surface area contributed by atoms with Crippen molar-refractivity contribution in [3.8, 4) is 5.75 Å². The van der Waals surface area contributed by atoms with Gasteiger partial charge in [0, 0.05) is 45.3 Å². The van der Waals surface area contributed by atoms with E-state index in [1.807, 2.05) is 30.3 Å². The highest BCUT2D eigenvalue weighted by Gasteiger charge is 2.36. The van der Waals surface area contributed by atoms with Crippen molar-refractivity contribution in [2.45, 2.75) is 50.5 Å². The van der Waals surface area contributed by atoms with Gasteiger partial charge in [-0.05, 0) is 61.1 Å². The number of rotatable bonds is 8. The van der Waals surface area contributed by atoms with E-state index in [0.29, 0.717) is 41.3 Å². The van der Waals surface area contributed by atoms with Gasteiger partial charge < -0.3 is 15.4 Å². The van der Waals surface area contributed by atoms with Gasteiger partial charge in [-0.3, -0.25) is 9.21 Å². The quantitative estimate of drug-likeness (QED) is 0.291. The molecule has 0 saturated carbocycles. The molecule has 41 heavy (non-hydrogen) atoms. The van der Waals surface area contributed by atoms with E-state index in [1.54, 1.807) is 24.7 Å². The first kappa shape index (κ1) is 29.5. The number of alkyl halides is 2. The fraction of sp³-hybridized carbons (Fsp3) is 0.448. The molecule has 0 amide bonds. The lowest BCUT2D eigenvalue weighted by Crippen LogP contribution is -2.45. The molecule has 5 rings (SSSR count). The molecule has 1 saturated heterocycles. The Balaban J connectivity index is 1.36. The maximum Gasteiger partial charge on any atom is 0.250 e. The Morgan fingerprint density at radius 3 is 2.63 bits per heavy atom. The van der Waals surface area contributed by atoms with E-state index in [2.05, 4.69) is 31.6 Å². The smallest absolute Gasteiger partial charge is 0.250 e. The predicted octanol–water partition coefficient (Wildman–Crippen LogP) is 6.33. The van der Waals surface area contributed by atoms with Gasteiger partial charge in [0.2, 0.25) is 5.95 Å². The molecule has 3 aromatic rings. The highest BCUT2D eigenvalue weighted by molar-refractivity contribution is 7.85. The normalized spacial score (nSPS) is 19.5. The van der Waals surface area contributed by atoms with E-state index in [9.17, 15) is 13.0 Å². The van der Waals surface area contributed by atoms with E-state index >= 15 is 0 Å². The molecule has 0 spiro atoms. The Kier molecular flexibility index (Phi) is 8.96. The average molecular weight is 605 g/mol. The van der Waals surface area contributed by atoms with Crippen molar-refractivity contribution in [1.82, 2.24) is 14.9 Å². The summed E-state index contributed by atoms with van der Waals surface area (Å²) < 4.78 is 47.0. The Morgan fingerprint density at radius 1 is 1.15 bits per heavy atom. The number of methoxy groups -OCH3 is 1. The monoisotopic (exact) mass is 604 g/mol. The van der Waals surface area contributed by atoms with Crippen LogP contribution in [-0.2, 0) is 23.8 Å². The summed E-state index contributed by atoms with van der Waals surface area (Å²) in [5, 5.41) is 6.87. The molecule has 2 aliphatic rings. The molecule has 0 bridgehead atoms. The van der Waals surface area contributed by atoms with Crippen LogP contribution in [0.15, 0.2) is 42.6 Å². The molecule has 1 fully saturated rings. The summed E-state index contributed by atoms with van der Waals surface area (Å²) >= 11 is 6.45. The lowest BCUT2D eigenvalue weighted by atomic mass is 9.97. The van der Waals surface area contributed by atoms with Crippen LogP contribution >= 0.6 is 11.6 Å². The van der Waals surface area contributed by atoms with Crippen LogP contribution in [0.25, 0.3) is 0 Å². The van der Waals surface area contributed by atoms with Gasteiger partial charge in [0.25, 0.3) is 5.92 Å². The molecule has 1 aliphatic carbocycles. The van der Waals surface area contributed by atoms with Crippen LogP contribution in [0.5, 0.6) is 5.75 Å². The number of piperidine rings is 1. The number of fused-ring (bicyclic) bond motifs is 1. The molecule has 0 radical (unpaired) electrons. The number of aryl methyl sites for hydroxylation is 1. The zero-order chi connectivity index (χ0) is 29.1. The summed E-state index contributed by atoms with van der Waals surface area (Å²) in [6, 6.07) is 11.8. The SMILES string of the molecule is COc1cc2c(cc1Nc1ncc(Cl)c(Nc3ccccc3N(C)S(C)=O)n1)CCCC(N1CCC(F)(F)CC1)C2. The van der Waals surface area contributed by atoms with Crippen molar-refractivity contribution in [3.05, 3.63) is 58.7 Å². The lowest BCUT2D eigenvalue weighted by molar-refractivity contribution is -0.0635. The molecule has 2 heterocycles. The maximum absolute atomic E-state index is 13.7. The van der Waals surface area contributed by atoms with Crippen molar-refractivity contribution < 1.29 is 17.7 Å². The van der Waals surface area contributed by atoms with Gasteiger partial charge in [-0.1, -0.05) is 23.7 Å². The topological polar surface area (TPSA) is 82.6 Å². The second kappa shape index (κ2) is 12.5.